The van der Waals surface area contributed by atoms with E-state index in [0.717, 1.165) is 8.47 Å². The maximum Gasteiger partial charge on any atom is 0.326 e. The van der Waals surface area contributed by atoms with E-state index in [1.807, 2.05) is 54.6 Å². The van der Waals surface area contributed by atoms with E-state index in [0.29, 0.717) is 16.8 Å². The molecule has 1 fully saturated rings. The number of amides is 4. The molecule has 1 aliphatic heterocycles. The summed E-state index contributed by atoms with van der Waals surface area (Å²) in [5, 5.41) is 5.57. The van der Waals surface area contributed by atoms with Crippen molar-refractivity contribution in [3.05, 3.63) is 99.6 Å². The molecule has 30 heavy (non-hydrogen) atoms. The standard InChI is InChI=1S/C23H18IN3O3/c24-18-12-7-13-19(14-18)25-20(28)15-27-21(29)23(26-22(27)30,16-8-3-1-4-9-16)17-10-5-2-6-11-17/h1-14H,15H2,(H,25,28)(H,26,30). The molecule has 0 saturated carbocycles. The second kappa shape index (κ2) is 8.27. The van der Waals surface area contributed by atoms with E-state index in [1.54, 1.807) is 30.3 Å². The molecule has 0 aromatic heterocycles. The van der Waals surface area contributed by atoms with Crippen molar-refractivity contribution in [3.8, 4) is 0 Å². The van der Waals surface area contributed by atoms with Crippen LogP contribution < -0.4 is 10.6 Å². The summed E-state index contributed by atoms with van der Waals surface area (Å²) < 4.78 is 0.965. The maximum atomic E-state index is 13.5. The van der Waals surface area contributed by atoms with Gasteiger partial charge in [0.15, 0.2) is 5.54 Å². The monoisotopic (exact) mass is 511 g/mol. The molecule has 0 unspecified atom stereocenters. The van der Waals surface area contributed by atoms with E-state index < -0.39 is 23.4 Å². The minimum Gasteiger partial charge on any atom is -0.324 e. The maximum absolute atomic E-state index is 13.5. The summed E-state index contributed by atoms with van der Waals surface area (Å²) >= 11 is 2.15. The molecule has 7 heteroatoms. The van der Waals surface area contributed by atoms with Crippen LogP contribution in [0.3, 0.4) is 0 Å². The van der Waals surface area contributed by atoms with Gasteiger partial charge in [-0.05, 0) is 51.9 Å². The van der Waals surface area contributed by atoms with Crippen LogP contribution in [0.1, 0.15) is 11.1 Å². The van der Waals surface area contributed by atoms with Crippen molar-refractivity contribution < 1.29 is 14.4 Å². The highest BCUT2D eigenvalue weighted by molar-refractivity contribution is 14.1. The van der Waals surface area contributed by atoms with Crippen molar-refractivity contribution in [2.75, 3.05) is 11.9 Å². The Morgan fingerprint density at radius 1 is 0.900 bits per heavy atom. The van der Waals surface area contributed by atoms with Gasteiger partial charge in [0.05, 0.1) is 0 Å². The van der Waals surface area contributed by atoms with E-state index in [-0.39, 0.29) is 6.54 Å². The Morgan fingerprint density at radius 2 is 1.50 bits per heavy atom. The van der Waals surface area contributed by atoms with Crippen LogP contribution in [0.5, 0.6) is 0 Å². The number of urea groups is 1. The Kier molecular flexibility index (Phi) is 5.54. The van der Waals surface area contributed by atoms with Gasteiger partial charge < -0.3 is 10.6 Å². The van der Waals surface area contributed by atoms with Crippen LogP contribution in [0.4, 0.5) is 10.5 Å². The van der Waals surface area contributed by atoms with Gasteiger partial charge in [0, 0.05) is 9.26 Å². The minimum atomic E-state index is -1.37. The molecule has 0 bridgehead atoms. The molecule has 4 rings (SSSR count). The fourth-order valence-electron chi connectivity index (χ4n) is 3.56. The minimum absolute atomic E-state index is 0.377. The number of nitrogens with zero attached hydrogens (tertiary/aromatic N) is 1. The molecular weight excluding hydrogens is 493 g/mol. The Hall–Kier alpha value is -3.20. The number of hydrogen-bond acceptors (Lipinski definition) is 3. The second-order valence-electron chi connectivity index (χ2n) is 6.86. The third kappa shape index (κ3) is 3.68. The lowest BCUT2D eigenvalue weighted by atomic mass is 9.82. The first-order valence-electron chi connectivity index (χ1n) is 9.31. The number of nitrogens with one attached hydrogen (secondary N) is 2. The first-order valence-corrected chi connectivity index (χ1v) is 10.4. The van der Waals surface area contributed by atoms with E-state index in [4.69, 9.17) is 0 Å². The van der Waals surface area contributed by atoms with Crippen LogP contribution in [0.2, 0.25) is 0 Å². The van der Waals surface area contributed by atoms with Gasteiger partial charge in [0.2, 0.25) is 5.91 Å². The lowest BCUT2D eigenvalue weighted by molar-refractivity contribution is -0.133. The number of hydrogen-bond donors (Lipinski definition) is 2. The van der Waals surface area contributed by atoms with Gasteiger partial charge in [-0.25, -0.2) is 4.79 Å². The first kappa shape index (κ1) is 20.1. The van der Waals surface area contributed by atoms with Crippen molar-refractivity contribution >= 4 is 46.1 Å². The van der Waals surface area contributed by atoms with Crippen LogP contribution >= 0.6 is 22.6 Å². The predicted molar refractivity (Wildman–Crippen MR) is 122 cm³/mol. The van der Waals surface area contributed by atoms with E-state index in [1.165, 1.54) is 0 Å². The summed E-state index contributed by atoms with van der Waals surface area (Å²) in [5.41, 5.74) is 0.503. The van der Waals surface area contributed by atoms with E-state index in [2.05, 4.69) is 33.2 Å². The third-order valence-electron chi connectivity index (χ3n) is 4.93. The van der Waals surface area contributed by atoms with Gasteiger partial charge >= 0.3 is 6.03 Å². The fraction of sp³-hybridized carbons (Fsp3) is 0.0870. The summed E-state index contributed by atoms with van der Waals surface area (Å²) in [6.07, 6.45) is 0. The topological polar surface area (TPSA) is 78.5 Å². The van der Waals surface area contributed by atoms with Crippen LogP contribution in [0.15, 0.2) is 84.9 Å². The number of carbonyl (C=O) groups excluding carboxylic acids is 3. The van der Waals surface area contributed by atoms with Gasteiger partial charge in [-0.1, -0.05) is 66.7 Å². The lowest BCUT2D eigenvalue weighted by Crippen LogP contribution is -2.45. The molecule has 4 amide bonds. The Bertz CT molecular complexity index is 1060. The number of benzene rings is 3. The molecule has 1 heterocycles. The van der Waals surface area contributed by atoms with Crippen LogP contribution in [-0.4, -0.2) is 29.3 Å². The number of rotatable bonds is 5. The second-order valence-corrected chi connectivity index (χ2v) is 8.11. The number of carbonyl (C=O) groups is 3. The molecule has 0 spiro atoms. The van der Waals surface area contributed by atoms with Crippen LogP contribution in [0.25, 0.3) is 0 Å². The first-order chi connectivity index (χ1) is 14.5. The Labute approximate surface area is 187 Å². The average molecular weight is 511 g/mol. The van der Waals surface area contributed by atoms with Gasteiger partial charge in [0.25, 0.3) is 5.91 Å². The van der Waals surface area contributed by atoms with Crippen LogP contribution in [0, 0.1) is 3.57 Å². The van der Waals surface area contributed by atoms with Gasteiger partial charge in [-0.3, -0.25) is 14.5 Å². The molecular formula is C23H18IN3O3. The van der Waals surface area contributed by atoms with Crippen molar-refractivity contribution in [1.29, 1.82) is 0 Å². The quantitative estimate of drug-likeness (QED) is 0.405. The Morgan fingerprint density at radius 3 is 2.07 bits per heavy atom. The third-order valence-corrected chi connectivity index (χ3v) is 5.60. The fourth-order valence-corrected chi connectivity index (χ4v) is 4.11. The number of anilines is 1. The van der Waals surface area contributed by atoms with Crippen molar-refractivity contribution in [1.82, 2.24) is 10.2 Å². The molecule has 3 aromatic carbocycles. The van der Waals surface area contributed by atoms with Crippen molar-refractivity contribution in [3.63, 3.8) is 0 Å². The number of imide groups is 1. The highest BCUT2D eigenvalue weighted by Gasteiger charge is 2.54. The van der Waals surface area contributed by atoms with Gasteiger partial charge in [0.1, 0.15) is 6.54 Å². The van der Waals surface area contributed by atoms with Gasteiger partial charge in [-0.15, -0.1) is 0 Å². The molecule has 0 radical (unpaired) electrons. The van der Waals surface area contributed by atoms with E-state index in [9.17, 15) is 14.4 Å². The molecule has 1 aliphatic rings. The summed E-state index contributed by atoms with van der Waals surface area (Å²) in [6.45, 7) is -0.377. The predicted octanol–water partition coefficient (Wildman–Crippen LogP) is 3.73. The molecule has 6 nitrogen and oxygen atoms in total. The summed E-state index contributed by atoms with van der Waals surface area (Å²) in [5.74, 6) is -0.930. The van der Waals surface area contributed by atoms with Gasteiger partial charge in [-0.2, -0.15) is 0 Å². The largest absolute Gasteiger partial charge is 0.326 e. The number of halogens is 1. The Balaban J connectivity index is 1.65. The smallest absolute Gasteiger partial charge is 0.324 e. The molecule has 150 valence electrons. The molecule has 2 N–H and O–H groups in total. The van der Waals surface area contributed by atoms with E-state index >= 15 is 0 Å². The van der Waals surface area contributed by atoms with Crippen molar-refractivity contribution in [2.24, 2.45) is 0 Å². The molecule has 1 saturated heterocycles. The normalized spacial score (nSPS) is 15.0. The lowest BCUT2D eigenvalue weighted by Gasteiger charge is -2.28. The average Bonchev–Trinajstić information content (AvgIpc) is 3.00. The highest BCUT2D eigenvalue weighted by Crippen LogP contribution is 2.35. The summed E-state index contributed by atoms with van der Waals surface area (Å²) in [7, 11) is 0. The zero-order valence-corrected chi connectivity index (χ0v) is 18.0. The van der Waals surface area contributed by atoms with Crippen molar-refractivity contribution in [2.45, 2.75) is 5.54 Å². The molecule has 3 aromatic rings. The highest BCUT2D eigenvalue weighted by atomic mass is 127. The summed E-state index contributed by atoms with van der Waals surface area (Å²) in [6, 6.07) is 24.8. The zero-order valence-electron chi connectivity index (χ0n) is 15.8. The summed E-state index contributed by atoms with van der Waals surface area (Å²) in [4.78, 5) is 39.9. The molecule has 0 aliphatic carbocycles. The molecule has 0 atom stereocenters. The van der Waals surface area contributed by atoms with Crippen LogP contribution in [-0.2, 0) is 15.1 Å². The SMILES string of the molecule is O=C(CN1C(=O)NC(c2ccccc2)(c2ccccc2)C1=O)Nc1cccc(I)c1. The zero-order chi connectivity index (χ0) is 21.1.